The van der Waals surface area contributed by atoms with Crippen LogP contribution in [0.5, 0.6) is 0 Å². The number of aryl methyl sites for hydroxylation is 1. The van der Waals surface area contributed by atoms with Gasteiger partial charge in [0.1, 0.15) is 16.5 Å². The summed E-state index contributed by atoms with van der Waals surface area (Å²) in [5, 5.41) is 15.2. The first kappa shape index (κ1) is 26.3. The van der Waals surface area contributed by atoms with Gasteiger partial charge in [0.05, 0.1) is 17.9 Å². The van der Waals surface area contributed by atoms with Gasteiger partial charge in [0.25, 0.3) is 0 Å². The van der Waals surface area contributed by atoms with Crippen LogP contribution >= 0.6 is 11.3 Å². The number of thiazole rings is 1. The van der Waals surface area contributed by atoms with Crippen molar-refractivity contribution in [2.45, 2.75) is 13.1 Å². The number of carboxylic acids is 1. The van der Waals surface area contributed by atoms with Crippen LogP contribution in [0.1, 0.15) is 21.7 Å². The Kier molecular flexibility index (Phi) is 7.32. The molecule has 0 amide bonds. The maximum absolute atomic E-state index is 13.9. The van der Waals surface area contributed by atoms with Crippen molar-refractivity contribution in [3.8, 4) is 27.5 Å². The third kappa shape index (κ3) is 5.35. The molecule has 37 heavy (non-hydrogen) atoms. The second-order valence-electron chi connectivity index (χ2n) is 8.18. The number of carbonyl (C=O) groups is 1. The molecule has 7 nitrogen and oxygen atoms in total. The lowest BCUT2D eigenvalue weighted by Crippen LogP contribution is -2.21. The highest BCUT2D eigenvalue weighted by molar-refractivity contribution is 7.18. The van der Waals surface area contributed by atoms with Gasteiger partial charge in [-0.1, -0.05) is 35.6 Å². The highest BCUT2D eigenvalue weighted by atomic mass is 32.1. The van der Waals surface area contributed by atoms with Crippen LogP contribution in [0.15, 0.2) is 48.5 Å². The van der Waals surface area contributed by atoms with Crippen LogP contribution in [0.25, 0.3) is 27.5 Å². The van der Waals surface area contributed by atoms with Crippen LogP contribution in [0.3, 0.4) is 0 Å². The molecule has 0 atom stereocenters. The number of benzene rings is 2. The highest BCUT2D eigenvalue weighted by Gasteiger charge is 2.31. The Bertz CT molecular complexity index is 1430. The van der Waals surface area contributed by atoms with Gasteiger partial charge in [0, 0.05) is 31.8 Å². The van der Waals surface area contributed by atoms with Crippen molar-refractivity contribution in [2.24, 2.45) is 0 Å². The van der Waals surface area contributed by atoms with Crippen molar-refractivity contribution < 1.29 is 32.2 Å². The molecule has 0 fully saturated rings. The number of likely N-dealkylation sites (N-methyl/N-ethyl adjacent to an activating group) is 1. The molecule has 1 N–H and O–H groups in total. The van der Waals surface area contributed by atoms with Crippen molar-refractivity contribution in [3.63, 3.8) is 0 Å². The second-order valence-corrected chi connectivity index (χ2v) is 9.13. The number of halogens is 4. The van der Waals surface area contributed by atoms with Gasteiger partial charge in [0.2, 0.25) is 5.13 Å². The fraction of sp³-hybridized carbons (Fsp3) is 0.240. The molecular formula is C25H22F4N4O3S. The molecule has 0 saturated heterocycles. The number of hydrogen-bond acceptors (Lipinski definition) is 6. The molecular weight excluding hydrogens is 512 g/mol. The quantitative estimate of drug-likeness (QED) is 0.283. The Morgan fingerprint density at radius 2 is 1.86 bits per heavy atom. The van der Waals surface area contributed by atoms with E-state index in [-0.39, 0.29) is 16.4 Å². The van der Waals surface area contributed by atoms with E-state index in [0.717, 1.165) is 23.5 Å². The molecule has 0 bridgehead atoms. The zero-order valence-electron chi connectivity index (χ0n) is 20.0. The molecule has 0 aliphatic rings. The lowest BCUT2D eigenvalue weighted by molar-refractivity contribution is -0.137. The van der Waals surface area contributed by atoms with Crippen molar-refractivity contribution >= 4 is 22.3 Å². The fourth-order valence-corrected chi connectivity index (χ4v) is 4.87. The molecule has 0 spiro atoms. The maximum Gasteiger partial charge on any atom is 0.416 e. The number of alkyl halides is 3. The van der Waals surface area contributed by atoms with Gasteiger partial charge in [-0.15, -0.1) is 0 Å². The lowest BCUT2D eigenvalue weighted by Gasteiger charge is -2.18. The third-order valence-electron chi connectivity index (χ3n) is 5.62. The minimum atomic E-state index is -4.49. The lowest BCUT2D eigenvalue weighted by atomic mass is 10.0. The zero-order valence-corrected chi connectivity index (χ0v) is 20.8. The topological polar surface area (TPSA) is 80.5 Å². The number of carboxylic acid groups (broad SMARTS) is 1. The average molecular weight is 535 g/mol. The van der Waals surface area contributed by atoms with E-state index in [1.165, 1.54) is 35.0 Å². The Morgan fingerprint density at radius 3 is 2.46 bits per heavy atom. The number of aromatic nitrogens is 3. The van der Waals surface area contributed by atoms with E-state index in [1.807, 2.05) is 4.90 Å². The summed E-state index contributed by atoms with van der Waals surface area (Å²) in [7, 11) is 3.32. The summed E-state index contributed by atoms with van der Waals surface area (Å²) >= 11 is 1.13. The molecule has 2 aromatic heterocycles. The van der Waals surface area contributed by atoms with Gasteiger partial charge >= 0.3 is 12.1 Å². The first-order valence-electron chi connectivity index (χ1n) is 11.0. The number of methoxy groups -OCH3 is 1. The minimum Gasteiger partial charge on any atom is -0.476 e. The molecule has 0 aliphatic heterocycles. The molecule has 0 radical (unpaired) electrons. The number of anilines is 1. The first-order valence-corrected chi connectivity index (χ1v) is 11.8. The Hall–Kier alpha value is -3.77. The van der Waals surface area contributed by atoms with Crippen molar-refractivity contribution in [2.75, 3.05) is 32.2 Å². The minimum absolute atomic E-state index is 0.192. The molecule has 0 unspecified atom stereocenters. The molecule has 4 rings (SSSR count). The van der Waals surface area contributed by atoms with E-state index in [2.05, 4.69) is 10.1 Å². The molecule has 4 aromatic rings. The van der Waals surface area contributed by atoms with Gasteiger partial charge in [-0.3, -0.25) is 0 Å². The summed E-state index contributed by atoms with van der Waals surface area (Å²) < 4.78 is 59.5. The maximum atomic E-state index is 13.9. The van der Waals surface area contributed by atoms with Gasteiger partial charge in [0.15, 0.2) is 5.69 Å². The van der Waals surface area contributed by atoms with Gasteiger partial charge in [-0.05, 0) is 36.8 Å². The number of rotatable bonds is 8. The van der Waals surface area contributed by atoms with E-state index in [9.17, 15) is 27.5 Å². The largest absolute Gasteiger partial charge is 0.476 e. The zero-order chi connectivity index (χ0) is 26.9. The first-order chi connectivity index (χ1) is 17.5. The Morgan fingerprint density at radius 1 is 1.16 bits per heavy atom. The van der Waals surface area contributed by atoms with Crippen molar-refractivity contribution in [1.29, 1.82) is 0 Å². The predicted molar refractivity (Wildman–Crippen MR) is 132 cm³/mol. The highest BCUT2D eigenvalue weighted by Crippen LogP contribution is 2.40. The summed E-state index contributed by atoms with van der Waals surface area (Å²) in [6.45, 7) is 2.44. The van der Waals surface area contributed by atoms with E-state index in [4.69, 9.17) is 4.74 Å². The van der Waals surface area contributed by atoms with Crippen LogP contribution in [0.2, 0.25) is 0 Å². The predicted octanol–water partition coefficient (Wildman–Crippen LogP) is 5.91. The van der Waals surface area contributed by atoms with Gasteiger partial charge in [-0.2, -0.15) is 23.0 Å². The van der Waals surface area contributed by atoms with E-state index in [0.29, 0.717) is 40.7 Å². The van der Waals surface area contributed by atoms with Crippen LogP contribution in [-0.2, 0) is 10.9 Å². The normalized spacial score (nSPS) is 11.6. The van der Waals surface area contributed by atoms with Crippen LogP contribution in [0, 0.1) is 12.7 Å². The monoisotopic (exact) mass is 534 g/mol. The van der Waals surface area contributed by atoms with Crippen molar-refractivity contribution in [3.05, 3.63) is 71.3 Å². The number of aromatic carboxylic acids is 1. The molecule has 0 aliphatic carbocycles. The van der Waals surface area contributed by atoms with Gasteiger partial charge in [-0.25, -0.2) is 14.2 Å². The average Bonchev–Trinajstić information content (AvgIpc) is 3.44. The Balaban J connectivity index is 1.88. The van der Waals surface area contributed by atoms with E-state index in [1.54, 1.807) is 27.1 Å². The fourth-order valence-electron chi connectivity index (χ4n) is 3.84. The third-order valence-corrected chi connectivity index (χ3v) is 6.76. The summed E-state index contributed by atoms with van der Waals surface area (Å²) in [6, 6.07) is 10.1. The number of nitrogens with zero attached hydrogens (tertiary/aromatic N) is 4. The number of ether oxygens (including phenoxy) is 1. The summed E-state index contributed by atoms with van der Waals surface area (Å²) in [5.74, 6) is -1.82. The van der Waals surface area contributed by atoms with E-state index >= 15 is 0 Å². The van der Waals surface area contributed by atoms with Crippen LogP contribution < -0.4 is 4.90 Å². The molecule has 12 heteroatoms. The van der Waals surface area contributed by atoms with Gasteiger partial charge < -0.3 is 14.7 Å². The summed E-state index contributed by atoms with van der Waals surface area (Å²) in [4.78, 5) is 18.8. The Labute approximate surface area is 213 Å². The summed E-state index contributed by atoms with van der Waals surface area (Å²) in [6.07, 6.45) is -4.49. The SMILES string of the molecule is COCCN(C)c1sc(-n2nc(C)c(-c3cccc(F)c3)c2C(=O)O)nc1-c1ccc(C(F)(F)F)cc1. The standard InChI is InChI=1S/C25H22F4N4O3S/c1-14-19(16-5-4-6-18(26)13-16)21(23(34)35)33(31-14)24-30-20(22(37-24)32(2)11-12-36-3)15-7-9-17(10-8-15)25(27,28)29/h4-10,13H,11-12H2,1-3H3,(H,34,35). The molecule has 2 heterocycles. The smallest absolute Gasteiger partial charge is 0.416 e. The molecule has 194 valence electrons. The van der Waals surface area contributed by atoms with E-state index < -0.39 is 23.5 Å². The summed E-state index contributed by atoms with van der Waals surface area (Å²) in [5.41, 5.74) is 0.720. The van der Waals surface area contributed by atoms with Crippen LogP contribution in [-0.4, -0.2) is 53.1 Å². The second kappa shape index (κ2) is 10.3. The number of hydrogen-bond donors (Lipinski definition) is 1. The van der Waals surface area contributed by atoms with Crippen molar-refractivity contribution in [1.82, 2.24) is 14.8 Å². The van der Waals surface area contributed by atoms with Crippen LogP contribution in [0.4, 0.5) is 22.6 Å². The molecule has 0 saturated carbocycles. The molecule has 2 aromatic carbocycles.